The number of nitrogens with zero attached hydrogens (tertiary/aromatic N) is 1. The molecule has 0 saturated carbocycles. The van der Waals surface area contributed by atoms with Gasteiger partial charge in [-0.3, -0.25) is 4.79 Å². The van der Waals surface area contributed by atoms with Crippen molar-refractivity contribution < 1.29 is 27.4 Å². The molecule has 7 nitrogen and oxygen atoms in total. The highest BCUT2D eigenvalue weighted by molar-refractivity contribution is 7.90. The number of hydrogen-bond acceptors (Lipinski definition) is 6. The summed E-state index contributed by atoms with van der Waals surface area (Å²) < 4.78 is 41.4. The minimum absolute atomic E-state index is 0.135. The molecular formula is C25H29NO6S. The van der Waals surface area contributed by atoms with E-state index in [1.165, 1.54) is 6.26 Å². The average molecular weight is 472 g/mol. The molecule has 0 amide bonds. The first-order chi connectivity index (χ1) is 15.7. The van der Waals surface area contributed by atoms with Crippen LogP contribution < -0.4 is 4.74 Å². The second kappa shape index (κ2) is 10.7. The lowest BCUT2D eigenvalue weighted by atomic mass is 10.1. The van der Waals surface area contributed by atoms with Gasteiger partial charge in [0.15, 0.2) is 9.84 Å². The number of methoxy groups -OCH3 is 2. The highest BCUT2D eigenvalue weighted by Crippen LogP contribution is 2.31. The molecule has 0 aliphatic rings. The Labute approximate surface area is 194 Å². The van der Waals surface area contributed by atoms with Crippen molar-refractivity contribution in [3.05, 3.63) is 65.9 Å². The molecule has 0 saturated heterocycles. The third kappa shape index (κ3) is 6.03. The lowest BCUT2D eigenvalue weighted by molar-refractivity contribution is -0.143. The van der Waals surface area contributed by atoms with Gasteiger partial charge >= 0.3 is 5.97 Å². The zero-order valence-corrected chi connectivity index (χ0v) is 20.1. The van der Waals surface area contributed by atoms with Crippen LogP contribution in [0.5, 0.6) is 5.75 Å². The number of hydrogen-bond donors (Lipinski definition) is 0. The van der Waals surface area contributed by atoms with Gasteiger partial charge in [0.25, 0.3) is 0 Å². The first-order valence-corrected chi connectivity index (χ1v) is 12.4. The predicted molar refractivity (Wildman–Crippen MR) is 127 cm³/mol. The molecule has 0 N–H and O–H groups in total. The quantitative estimate of drug-likeness (QED) is 0.328. The van der Waals surface area contributed by atoms with E-state index in [9.17, 15) is 13.2 Å². The van der Waals surface area contributed by atoms with E-state index in [1.807, 2.05) is 41.8 Å². The number of esters is 1. The first-order valence-electron chi connectivity index (χ1n) is 10.5. The zero-order valence-electron chi connectivity index (χ0n) is 19.3. The Kier molecular flexibility index (Phi) is 7.94. The molecule has 0 aliphatic heterocycles. The van der Waals surface area contributed by atoms with Crippen molar-refractivity contribution in [3.8, 4) is 22.7 Å². The Morgan fingerprint density at radius 2 is 1.64 bits per heavy atom. The molecule has 0 radical (unpaired) electrons. The molecule has 3 aromatic rings. The molecule has 0 bridgehead atoms. The molecule has 3 rings (SSSR count). The summed E-state index contributed by atoms with van der Waals surface area (Å²) in [7, 11) is -0.0742. The molecule has 8 heteroatoms. The van der Waals surface area contributed by atoms with Crippen LogP contribution in [0.2, 0.25) is 0 Å². The molecule has 33 heavy (non-hydrogen) atoms. The van der Waals surface area contributed by atoms with E-state index in [0.29, 0.717) is 19.6 Å². The molecule has 1 aromatic heterocycles. The molecule has 0 unspecified atom stereocenters. The van der Waals surface area contributed by atoms with E-state index in [4.69, 9.17) is 14.2 Å². The number of sulfone groups is 1. The number of benzene rings is 2. The fraction of sp³-hybridized carbons (Fsp3) is 0.320. The van der Waals surface area contributed by atoms with Crippen molar-refractivity contribution in [2.24, 2.45) is 0 Å². The van der Waals surface area contributed by atoms with E-state index < -0.39 is 9.84 Å². The normalized spacial score (nSPS) is 11.4. The summed E-state index contributed by atoms with van der Waals surface area (Å²) in [5.41, 5.74) is 4.32. The molecule has 0 aliphatic carbocycles. The molecule has 176 valence electrons. The van der Waals surface area contributed by atoms with Gasteiger partial charge in [-0.1, -0.05) is 12.1 Å². The molecule has 2 aromatic carbocycles. The van der Waals surface area contributed by atoms with Gasteiger partial charge in [0, 0.05) is 37.8 Å². The minimum Gasteiger partial charge on any atom is -0.497 e. The first kappa shape index (κ1) is 24.5. The van der Waals surface area contributed by atoms with Gasteiger partial charge in [-0.15, -0.1) is 0 Å². The maximum atomic E-state index is 12.4. The maximum Gasteiger partial charge on any atom is 0.310 e. The lowest BCUT2D eigenvalue weighted by Gasteiger charge is -2.13. The third-order valence-corrected chi connectivity index (χ3v) is 6.48. The largest absolute Gasteiger partial charge is 0.497 e. The van der Waals surface area contributed by atoms with Crippen molar-refractivity contribution in [1.82, 2.24) is 4.57 Å². The van der Waals surface area contributed by atoms with Crippen LogP contribution in [0.25, 0.3) is 16.9 Å². The predicted octanol–water partition coefficient (Wildman–Crippen LogP) is 3.99. The highest BCUT2D eigenvalue weighted by Gasteiger charge is 2.18. The van der Waals surface area contributed by atoms with Crippen molar-refractivity contribution in [1.29, 1.82) is 0 Å². The van der Waals surface area contributed by atoms with Gasteiger partial charge in [-0.2, -0.15) is 0 Å². The van der Waals surface area contributed by atoms with Crippen LogP contribution >= 0.6 is 0 Å². The van der Waals surface area contributed by atoms with Crippen LogP contribution in [-0.2, 0) is 30.5 Å². The van der Waals surface area contributed by atoms with Crippen LogP contribution in [0.15, 0.2) is 59.5 Å². The van der Waals surface area contributed by atoms with Gasteiger partial charge in [0.1, 0.15) is 5.75 Å². The van der Waals surface area contributed by atoms with E-state index in [2.05, 4.69) is 0 Å². The Morgan fingerprint density at radius 1 is 0.970 bits per heavy atom. The molecule has 0 spiro atoms. The SMILES string of the molecule is COCCCOC(=O)Cc1cc(-c2ccc(S(C)(=O)=O)cc2)n(-c2ccc(OC)cc2)c1C. The Morgan fingerprint density at radius 3 is 2.21 bits per heavy atom. The number of ether oxygens (including phenoxy) is 3. The number of rotatable bonds is 10. The fourth-order valence-electron chi connectivity index (χ4n) is 3.58. The summed E-state index contributed by atoms with van der Waals surface area (Å²) in [6, 6.07) is 16.3. The Hall–Kier alpha value is -3.10. The highest BCUT2D eigenvalue weighted by atomic mass is 32.2. The smallest absolute Gasteiger partial charge is 0.310 e. The average Bonchev–Trinajstić information content (AvgIpc) is 3.12. The van der Waals surface area contributed by atoms with Crippen molar-refractivity contribution >= 4 is 15.8 Å². The van der Waals surface area contributed by atoms with Crippen molar-refractivity contribution in [2.75, 3.05) is 33.7 Å². The maximum absolute atomic E-state index is 12.4. The van der Waals surface area contributed by atoms with Crippen LogP contribution in [-0.4, -0.2) is 52.6 Å². The van der Waals surface area contributed by atoms with Crippen LogP contribution in [0.1, 0.15) is 17.7 Å². The second-order valence-electron chi connectivity index (χ2n) is 7.71. The molecule has 0 atom stereocenters. The van der Waals surface area contributed by atoms with E-state index in [0.717, 1.165) is 34.0 Å². The van der Waals surface area contributed by atoms with E-state index in [1.54, 1.807) is 38.5 Å². The Balaban J connectivity index is 1.99. The van der Waals surface area contributed by atoms with Crippen molar-refractivity contribution in [2.45, 2.75) is 24.7 Å². The van der Waals surface area contributed by atoms with Gasteiger partial charge in [-0.25, -0.2) is 8.42 Å². The topological polar surface area (TPSA) is 83.8 Å². The number of carbonyl (C=O) groups excluding carboxylic acids is 1. The second-order valence-corrected chi connectivity index (χ2v) is 9.73. The lowest BCUT2D eigenvalue weighted by Crippen LogP contribution is -2.11. The summed E-state index contributed by atoms with van der Waals surface area (Å²) >= 11 is 0. The van der Waals surface area contributed by atoms with Gasteiger partial charge in [0.05, 0.1) is 30.7 Å². The summed E-state index contributed by atoms with van der Waals surface area (Å²) in [6.07, 6.45) is 1.96. The van der Waals surface area contributed by atoms with Gasteiger partial charge in [-0.05, 0) is 60.5 Å². The minimum atomic E-state index is -3.29. The molecule has 1 heterocycles. The third-order valence-electron chi connectivity index (χ3n) is 5.35. The molecular weight excluding hydrogens is 442 g/mol. The van der Waals surface area contributed by atoms with E-state index in [-0.39, 0.29) is 17.3 Å². The number of aromatic nitrogens is 1. The summed E-state index contributed by atoms with van der Waals surface area (Å²) in [5, 5.41) is 0. The Bertz CT molecular complexity index is 1190. The van der Waals surface area contributed by atoms with Crippen LogP contribution in [0.4, 0.5) is 0 Å². The van der Waals surface area contributed by atoms with Crippen molar-refractivity contribution in [3.63, 3.8) is 0 Å². The molecule has 0 fully saturated rings. The zero-order chi connectivity index (χ0) is 24.0. The fourth-order valence-corrected chi connectivity index (χ4v) is 4.21. The van der Waals surface area contributed by atoms with Crippen LogP contribution in [0, 0.1) is 6.92 Å². The van der Waals surface area contributed by atoms with E-state index >= 15 is 0 Å². The van der Waals surface area contributed by atoms with Crippen LogP contribution in [0.3, 0.4) is 0 Å². The monoisotopic (exact) mass is 471 g/mol. The summed E-state index contributed by atoms with van der Waals surface area (Å²) in [6.45, 7) is 2.80. The number of carbonyl (C=O) groups is 1. The van der Waals surface area contributed by atoms with Gasteiger partial charge in [0.2, 0.25) is 0 Å². The standard InChI is InChI=1S/C25H29NO6S/c1-18-20(17-25(27)32-15-5-14-30-2)16-24(19-6-12-23(13-7-19)33(4,28)29)26(18)21-8-10-22(31-3)11-9-21/h6-13,16H,5,14-15,17H2,1-4H3. The summed E-state index contributed by atoms with van der Waals surface area (Å²) in [4.78, 5) is 12.7. The van der Waals surface area contributed by atoms with Gasteiger partial charge < -0.3 is 18.8 Å². The summed E-state index contributed by atoms with van der Waals surface area (Å²) in [5.74, 6) is 0.433.